The van der Waals surface area contributed by atoms with Crippen molar-refractivity contribution in [2.24, 2.45) is 0 Å². The second-order valence-electron chi connectivity index (χ2n) is 7.83. The number of thiophene rings is 1. The molecule has 0 N–H and O–H groups in total. The van der Waals surface area contributed by atoms with Crippen LogP contribution in [0.1, 0.15) is 48.8 Å². The third-order valence-electron chi connectivity index (χ3n) is 5.73. The van der Waals surface area contributed by atoms with Gasteiger partial charge in [0, 0.05) is 42.2 Å². The van der Waals surface area contributed by atoms with Gasteiger partial charge in [0.25, 0.3) is 5.69 Å². The maximum Gasteiger partial charge on any atom is 0.269 e. The fourth-order valence-electron chi connectivity index (χ4n) is 3.97. The Kier molecular flexibility index (Phi) is 7.21. The molecule has 0 bridgehead atoms. The van der Waals surface area contributed by atoms with E-state index in [1.165, 1.54) is 52.9 Å². The van der Waals surface area contributed by atoms with Gasteiger partial charge in [-0.2, -0.15) is 0 Å². The molecule has 3 aromatic rings. The molecule has 0 aliphatic heterocycles. The lowest BCUT2D eigenvalue weighted by Gasteiger charge is -2.25. The molecule has 1 aliphatic rings. The lowest BCUT2D eigenvalue weighted by molar-refractivity contribution is -0.384. The van der Waals surface area contributed by atoms with E-state index in [1.54, 1.807) is 30.5 Å². The number of nitro benzene ring substituents is 1. The molecule has 0 unspecified atom stereocenters. The number of nitrogens with zero attached hydrogens (tertiary/aromatic N) is 5. The highest BCUT2D eigenvalue weighted by Crippen LogP contribution is 2.33. The summed E-state index contributed by atoms with van der Waals surface area (Å²) in [5.41, 5.74) is 0.621. The molecule has 32 heavy (non-hydrogen) atoms. The summed E-state index contributed by atoms with van der Waals surface area (Å²) in [6, 6.07) is 10.5. The standard InChI is InChI=1S/C22H25N5O3S2/c1-25(16-9-11-18(12-10-16)27(29)30)21(28)15-32-22-24-23-20(14-19-8-5-13-31-19)26(22)17-6-3-2-4-7-17/h5,8-13,17H,2-4,6-7,14-15H2,1H3. The smallest absolute Gasteiger partial charge is 0.269 e. The summed E-state index contributed by atoms with van der Waals surface area (Å²) in [4.78, 5) is 26.0. The van der Waals surface area contributed by atoms with E-state index in [4.69, 9.17) is 0 Å². The van der Waals surface area contributed by atoms with Crippen LogP contribution in [-0.2, 0) is 11.2 Å². The molecule has 168 valence electrons. The molecule has 2 heterocycles. The highest BCUT2D eigenvalue weighted by atomic mass is 32.2. The number of non-ortho nitro benzene ring substituents is 1. The molecular weight excluding hydrogens is 446 g/mol. The highest BCUT2D eigenvalue weighted by Gasteiger charge is 2.24. The molecule has 1 fully saturated rings. The number of hydrogen-bond acceptors (Lipinski definition) is 7. The van der Waals surface area contributed by atoms with E-state index in [0.29, 0.717) is 11.7 Å². The average Bonchev–Trinajstić information content (AvgIpc) is 3.48. The zero-order chi connectivity index (χ0) is 22.5. The summed E-state index contributed by atoms with van der Waals surface area (Å²) >= 11 is 3.12. The van der Waals surface area contributed by atoms with Crippen molar-refractivity contribution in [3.8, 4) is 0 Å². The van der Waals surface area contributed by atoms with Gasteiger partial charge in [-0.15, -0.1) is 21.5 Å². The molecule has 1 saturated carbocycles. The molecule has 1 aliphatic carbocycles. The van der Waals surface area contributed by atoms with Crippen LogP contribution in [0.15, 0.2) is 46.9 Å². The minimum absolute atomic E-state index is 0.00262. The summed E-state index contributed by atoms with van der Waals surface area (Å²) in [6.45, 7) is 0. The maximum absolute atomic E-state index is 12.8. The lowest BCUT2D eigenvalue weighted by Crippen LogP contribution is -2.28. The normalized spacial score (nSPS) is 14.4. The third kappa shape index (κ3) is 5.18. The topological polar surface area (TPSA) is 94.2 Å². The number of nitro groups is 1. The fraction of sp³-hybridized carbons (Fsp3) is 0.409. The molecule has 8 nitrogen and oxygen atoms in total. The van der Waals surface area contributed by atoms with Gasteiger partial charge in [0.05, 0.1) is 10.7 Å². The van der Waals surface area contributed by atoms with Crippen molar-refractivity contribution < 1.29 is 9.72 Å². The van der Waals surface area contributed by atoms with E-state index in [2.05, 4.69) is 26.2 Å². The summed E-state index contributed by atoms with van der Waals surface area (Å²) in [5.74, 6) is 1.08. The van der Waals surface area contributed by atoms with Crippen LogP contribution < -0.4 is 4.90 Å². The first-order chi connectivity index (χ1) is 15.5. The second-order valence-corrected chi connectivity index (χ2v) is 9.81. The van der Waals surface area contributed by atoms with Crippen LogP contribution in [0.2, 0.25) is 0 Å². The molecule has 0 atom stereocenters. The van der Waals surface area contributed by atoms with Gasteiger partial charge in [-0.25, -0.2) is 0 Å². The number of hydrogen-bond donors (Lipinski definition) is 0. The Morgan fingerprint density at radius 2 is 1.97 bits per heavy atom. The number of carbonyl (C=O) groups is 1. The van der Waals surface area contributed by atoms with Crippen LogP contribution in [0.25, 0.3) is 0 Å². The Bertz CT molecular complexity index is 1060. The quantitative estimate of drug-likeness (QED) is 0.258. The number of thioether (sulfide) groups is 1. The minimum Gasteiger partial charge on any atom is -0.315 e. The Hall–Kier alpha value is -2.72. The van der Waals surface area contributed by atoms with E-state index >= 15 is 0 Å². The number of amides is 1. The van der Waals surface area contributed by atoms with Gasteiger partial charge >= 0.3 is 0 Å². The van der Waals surface area contributed by atoms with E-state index in [9.17, 15) is 14.9 Å². The summed E-state index contributed by atoms with van der Waals surface area (Å²) in [7, 11) is 1.68. The van der Waals surface area contributed by atoms with Crippen molar-refractivity contribution in [2.45, 2.75) is 49.7 Å². The fourth-order valence-corrected chi connectivity index (χ4v) is 5.61. The zero-order valence-electron chi connectivity index (χ0n) is 17.8. The summed E-state index contributed by atoms with van der Waals surface area (Å²) < 4.78 is 2.25. The van der Waals surface area contributed by atoms with Crippen LogP contribution in [0.4, 0.5) is 11.4 Å². The van der Waals surface area contributed by atoms with E-state index in [-0.39, 0.29) is 17.3 Å². The Labute approximate surface area is 194 Å². The predicted octanol–water partition coefficient (Wildman–Crippen LogP) is 5.10. The first-order valence-electron chi connectivity index (χ1n) is 10.6. The molecule has 1 amide bonds. The first-order valence-corrected chi connectivity index (χ1v) is 12.5. The average molecular weight is 472 g/mol. The predicted molar refractivity (Wildman–Crippen MR) is 126 cm³/mol. The van der Waals surface area contributed by atoms with Gasteiger partial charge in [0.1, 0.15) is 5.82 Å². The third-order valence-corrected chi connectivity index (χ3v) is 7.54. The molecular formula is C22H25N5O3S2. The second kappa shape index (κ2) is 10.3. The van der Waals surface area contributed by atoms with Crippen LogP contribution in [0.3, 0.4) is 0 Å². The summed E-state index contributed by atoms with van der Waals surface area (Å²) in [5, 5.41) is 22.6. The van der Waals surface area contributed by atoms with Crippen molar-refractivity contribution in [2.75, 3.05) is 17.7 Å². The van der Waals surface area contributed by atoms with Gasteiger partial charge < -0.3 is 9.47 Å². The van der Waals surface area contributed by atoms with Crippen molar-refractivity contribution >= 4 is 40.4 Å². The minimum atomic E-state index is -0.451. The van der Waals surface area contributed by atoms with Gasteiger partial charge in [-0.3, -0.25) is 14.9 Å². The van der Waals surface area contributed by atoms with E-state index in [0.717, 1.165) is 30.2 Å². The Balaban J connectivity index is 1.47. The Morgan fingerprint density at radius 3 is 2.62 bits per heavy atom. The Morgan fingerprint density at radius 1 is 1.22 bits per heavy atom. The van der Waals surface area contributed by atoms with E-state index in [1.807, 2.05) is 6.07 Å². The molecule has 0 radical (unpaired) electrons. The number of aromatic nitrogens is 3. The lowest BCUT2D eigenvalue weighted by atomic mass is 9.95. The highest BCUT2D eigenvalue weighted by molar-refractivity contribution is 7.99. The van der Waals surface area contributed by atoms with Crippen molar-refractivity contribution in [3.63, 3.8) is 0 Å². The SMILES string of the molecule is CN(C(=O)CSc1nnc(Cc2cccs2)n1C1CCCCC1)c1ccc([N+](=O)[O-])cc1. The number of benzene rings is 1. The van der Waals surface area contributed by atoms with Gasteiger partial charge in [-0.05, 0) is 36.4 Å². The van der Waals surface area contributed by atoms with Crippen LogP contribution in [-0.4, -0.2) is 38.4 Å². The summed E-state index contributed by atoms with van der Waals surface area (Å²) in [6.07, 6.45) is 6.64. The van der Waals surface area contributed by atoms with Gasteiger partial charge in [0.2, 0.25) is 5.91 Å². The van der Waals surface area contributed by atoms with E-state index < -0.39 is 4.92 Å². The first kappa shape index (κ1) is 22.5. The van der Waals surface area contributed by atoms with Crippen molar-refractivity contribution in [3.05, 3.63) is 62.6 Å². The molecule has 10 heteroatoms. The number of carbonyl (C=O) groups excluding carboxylic acids is 1. The van der Waals surface area contributed by atoms with Crippen LogP contribution in [0, 0.1) is 10.1 Å². The number of anilines is 1. The monoisotopic (exact) mass is 471 g/mol. The maximum atomic E-state index is 12.8. The zero-order valence-corrected chi connectivity index (χ0v) is 19.5. The number of rotatable bonds is 8. The van der Waals surface area contributed by atoms with Gasteiger partial charge in [-0.1, -0.05) is 37.1 Å². The molecule has 0 saturated heterocycles. The largest absolute Gasteiger partial charge is 0.315 e. The molecule has 4 rings (SSSR count). The van der Waals surface area contributed by atoms with Crippen LogP contribution >= 0.6 is 23.1 Å². The van der Waals surface area contributed by atoms with Crippen molar-refractivity contribution in [1.82, 2.24) is 14.8 Å². The van der Waals surface area contributed by atoms with Gasteiger partial charge in [0.15, 0.2) is 5.16 Å². The van der Waals surface area contributed by atoms with Crippen molar-refractivity contribution in [1.29, 1.82) is 0 Å². The molecule has 2 aromatic heterocycles. The molecule has 1 aromatic carbocycles. The van der Waals surface area contributed by atoms with Crippen LogP contribution in [0.5, 0.6) is 0 Å². The molecule has 0 spiro atoms.